The van der Waals surface area contributed by atoms with Gasteiger partial charge in [0.2, 0.25) is 0 Å². The van der Waals surface area contributed by atoms with E-state index in [0.29, 0.717) is 6.10 Å². The van der Waals surface area contributed by atoms with Crippen LogP contribution in [-0.4, -0.2) is 54.7 Å². The molecule has 4 aliphatic rings. The molecule has 4 fully saturated rings. The second-order valence-corrected chi connectivity index (χ2v) is 8.67. The number of likely N-dealkylation sites (tertiary alicyclic amines) is 2. The summed E-state index contributed by atoms with van der Waals surface area (Å²) in [6.45, 7) is 7.19. The van der Waals surface area contributed by atoms with E-state index in [-0.39, 0.29) is 0 Å². The summed E-state index contributed by atoms with van der Waals surface area (Å²) in [4.78, 5) is 5.24. The molecule has 0 aromatic heterocycles. The fraction of sp³-hybridized carbons (Fsp3) is 0.700. The monoisotopic (exact) mass is 346 g/mol. The van der Waals surface area contributed by atoms with Gasteiger partial charge >= 0.3 is 0 Å². The Labute approximate surface area is 149 Å². The Morgan fingerprint density at radius 2 is 1.75 bits per heavy atom. The van der Waals surface area contributed by atoms with Crippen LogP contribution in [0.5, 0.6) is 0 Å². The molecule has 4 heteroatoms. The Balaban J connectivity index is 1.03. The molecule has 5 rings (SSSR count). The van der Waals surface area contributed by atoms with E-state index in [1.807, 2.05) is 12.1 Å². The van der Waals surface area contributed by atoms with Crippen LogP contribution >= 0.6 is 11.6 Å². The minimum atomic E-state index is 0.551. The van der Waals surface area contributed by atoms with Gasteiger partial charge in [-0.15, -0.1) is 0 Å². The van der Waals surface area contributed by atoms with Gasteiger partial charge in [-0.3, -0.25) is 9.80 Å². The molecule has 130 valence electrons. The number of rotatable bonds is 6. The number of ether oxygens (including phenoxy) is 1. The Kier molecular flexibility index (Phi) is 4.09. The first-order valence-corrected chi connectivity index (χ1v) is 9.98. The number of nitrogens with zero attached hydrogens (tertiary/aromatic N) is 2. The van der Waals surface area contributed by atoms with Gasteiger partial charge in [0.05, 0.1) is 12.7 Å². The number of fused-ring (bicyclic) bond motifs is 1. The van der Waals surface area contributed by atoms with E-state index < -0.39 is 0 Å². The van der Waals surface area contributed by atoms with E-state index >= 15 is 0 Å². The van der Waals surface area contributed by atoms with Crippen LogP contribution in [0, 0.1) is 17.8 Å². The summed E-state index contributed by atoms with van der Waals surface area (Å²) in [5, 5.41) is 0.826. The summed E-state index contributed by atoms with van der Waals surface area (Å²) in [5.41, 5.74) is 1.37. The van der Waals surface area contributed by atoms with Gasteiger partial charge in [-0.1, -0.05) is 23.7 Å². The fourth-order valence-electron chi connectivity index (χ4n) is 4.99. The lowest BCUT2D eigenvalue weighted by atomic mass is 10.2. The van der Waals surface area contributed by atoms with Crippen LogP contribution in [0.25, 0.3) is 0 Å². The highest BCUT2D eigenvalue weighted by Crippen LogP contribution is 2.52. The number of benzene rings is 1. The molecule has 24 heavy (non-hydrogen) atoms. The second-order valence-electron chi connectivity index (χ2n) is 8.23. The van der Waals surface area contributed by atoms with Crippen LogP contribution < -0.4 is 0 Å². The molecular weight excluding hydrogens is 320 g/mol. The largest absolute Gasteiger partial charge is 0.376 e. The van der Waals surface area contributed by atoms with Crippen LogP contribution in [0.1, 0.15) is 24.8 Å². The van der Waals surface area contributed by atoms with E-state index in [1.165, 1.54) is 51.0 Å². The first kappa shape index (κ1) is 15.6. The Morgan fingerprint density at radius 3 is 2.46 bits per heavy atom. The van der Waals surface area contributed by atoms with Gasteiger partial charge in [0.15, 0.2) is 0 Å². The Bertz CT molecular complexity index is 574. The molecule has 2 saturated carbocycles. The topological polar surface area (TPSA) is 15.7 Å². The molecule has 4 unspecified atom stereocenters. The van der Waals surface area contributed by atoms with Crippen LogP contribution in [0.3, 0.4) is 0 Å². The average molecular weight is 347 g/mol. The third kappa shape index (κ3) is 3.12. The van der Waals surface area contributed by atoms with Gasteiger partial charge in [0, 0.05) is 30.7 Å². The number of hydrogen-bond acceptors (Lipinski definition) is 3. The zero-order valence-corrected chi connectivity index (χ0v) is 15.0. The molecule has 1 aromatic rings. The van der Waals surface area contributed by atoms with Crippen LogP contribution in [0.4, 0.5) is 0 Å². The van der Waals surface area contributed by atoms with E-state index in [1.54, 1.807) is 0 Å². The molecule has 0 spiro atoms. The van der Waals surface area contributed by atoms with Crippen molar-refractivity contribution in [3.05, 3.63) is 34.9 Å². The maximum Gasteiger partial charge on any atom is 0.0747 e. The van der Waals surface area contributed by atoms with Crippen LogP contribution in [-0.2, 0) is 11.3 Å². The summed E-state index contributed by atoms with van der Waals surface area (Å²) in [6.07, 6.45) is 4.61. The van der Waals surface area contributed by atoms with E-state index in [0.717, 1.165) is 42.0 Å². The van der Waals surface area contributed by atoms with Crippen molar-refractivity contribution < 1.29 is 4.74 Å². The van der Waals surface area contributed by atoms with Crippen molar-refractivity contribution in [3.63, 3.8) is 0 Å². The molecule has 2 aliphatic heterocycles. The van der Waals surface area contributed by atoms with Gasteiger partial charge in [0.25, 0.3) is 0 Å². The van der Waals surface area contributed by atoms with E-state index in [9.17, 15) is 0 Å². The first-order chi connectivity index (χ1) is 11.8. The minimum absolute atomic E-state index is 0.551. The zero-order valence-electron chi connectivity index (χ0n) is 14.2. The van der Waals surface area contributed by atoms with Crippen molar-refractivity contribution in [2.45, 2.75) is 38.0 Å². The van der Waals surface area contributed by atoms with Gasteiger partial charge < -0.3 is 4.74 Å². The van der Waals surface area contributed by atoms with Crippen molar-refractivity contribution in [1.29, 1.82) is 0 Å². The predicted molar refractivity (Wildman–Crippen MR) is 96.2 cm³/mol. The first-order valence-electron chi connectivity index (χ1n) is 9.60. The SMILES string of the molecule is Clc1ccc(CN2CC3C(COC4CC4N4CCCC4)C3C2)cc1. The maximum atomic E-state index is 6.23. The van der Waals surface area contributed by atoms with Crippen LogP contribution in [0.15, 0.2) is 24.3 Å². The Morgan fingerprint density at radius 1 is 1.04 bits per heavy atom. The highest BCUT2D eigenvalue weighted by atomic mass is 35.5. The summed E-state index contributed by atoms with van der Waals surface area (Å²) in [7, 11) is 0. The molecule has 0 N–H and O–H groups in total. The minimum Gasteiger partial charge on any atom is -0.376 e. The average Bonchev–Trinajstić information content (AvgIpc) is 3.31. The van der Waals surface area contributed by atoms with E-state index in [2.05, 4.69) is 21.9 Å². The number of halogens is 1. The third-order valence-corrected chi connectivity index (χ3v) is 6.83. The zero-order chi connectivity index (χ0) is 16.1. The molecule has 0 amide bonds. The lowest BCUT2D eigenvalue weighted by molar-refractivity contribution is 0.0780. The number of piperidine rings is 1. The molecule has 4 atom stereocenters. The molecule has 0 radical (unpaired) electrons. The van der Waals surface area contributed by atoms with E-state index in [4.69, 9.17) is 16.3 Å². The molecule has 2 heterocycles. The Hall–Kier alpha value is -0.610. The van der Waals surface area contributed by atoms with Gasteiger partial charge in [-0.05, 0) is 67.8 Å². The second kappa shape index (κ2) is 6.28. The number of hydrogen-bond donors (Lipinski definition) is 0. The lowest BCUT2D eigenvalue weighted by Crippen LogP contribution is -2.26. The van der Waals surface area contributed by atoms with Gasteiger partial charge in [-0.25, -0.2) is 0 Å². The van der Waals surface area contributed by atoms with Crippen molar-refractivity contribution >= 4 is 11.6 Å². The molecule has 3 nitrogen and oxygen atoms in total. The van der Waals surface area contributed by atoms with Crippen molar-refractivity contribution in [1.82, 2.24) is 9.80 Å². The smallest absolute Gasteiger partial charge is 0.0747 e. The predicted octanol–water partition coefficient (Wildman–Crippen LogP) is 3.27. The van der Waals surface area contributed by atoms with Crippen molar-refractivity contribution in [2.75, 3.05) is 32.8 Å². The molecule has 2 saturated heterocycles. The third-order valence-electron chi connectivity index (χ3n) is 6.58. The van der Waals surface area contributed by atoms with Crippen molar-refractivity contribution in [2.24, 2.45) is 17.8 Å². The van der Waals surface area contributed by atoms with Crippen LogP contribution in [0.2, 0.25) is 5.02 Å². The summed E-state index contributed by atoms with van der Waals surface area (Å²) < 4.78 is 6.23. The molecular formula is C20H27ClN2O. The van der Waals surface area contributed by atoms with Gasteiger partial charge in [0.1, 0.15) is 0 Å². The standard InChI is InChI=1S/C20H27ClN2O/c21-15-5-3-14(4-6-15)10-22-11-16-17(12-22)18(16)13-24-20-9-19(20)23-7-1-2-8-23/h3-6,16-20H,1-2,7-13H2. The molecule has 2 aliphatic carbocycles. The normalized spacial score (nSPS) is 38.5. The van der Waals surface area contributed by atoms with Gasteiger partial charge in [-0.2, -0.15) is 0 Å². The maximum absolute atomic E-state index is 6.23. The summed E-state index contributed by atoms with van der Waals surface area (Å²) in [5.74, 6) is 2.62. The van der Waals surface area contributed by atoms with Crippen molar-refractivity contribution in [3.8, 4) is 0 Å². The fourth-order valence-corrected chi connectivity index (χ4v) is 5.12. The quantitative estimate of drug-likeness (QED) is 0.786. The molecule has 0 bridgehead atoms. The lowest BCUT2D eigenvalue weighted by Gasteiger charge is -2.20. The highest BCUT2D eigenvalue weighted by Gasteiger charge is 2.56. The summed E-state index contributed by atoms with van der Waals surface area (Å²) in [6, 6.07) is 9.05. The summed E-state index contributed by atoms with van der Waals surface area (Å²) >= 11 is 5.96. The highest BCUT2D eigenvalue weighted by molar-refractivity contribution is 6.30. The molecule has 1 aromatic carbocycles.